The van der Waals surface area contributed by atoms with Crippen molar-refractivity contribution >= 4 is 21.4 Å². The second-order valence-corrected chi connectivity index (χ2v) is 7.24. The number of halogens is 1. The number of benzene rings is 1. The van der Waals surface area contributed by atoms with Gasteiger partial charge in [0.1, 0.15) is 0 Å². The van der Waals surface area contributed by atoms with Crippen LogP contribution in [0, 0.1) is 0 Å². The Labute approximate surface area is 119 Å². The number of sulfone groups is 1. The van der Waals surface area contributed by atoms with E-state index in [9.17, 15) is 8.42 Å². The van der Waals surface area contributed by atoms with Crippen LogP contribution in [0.25, 0.3) is 0 Å². The molecular formula is C14H18ClNO2S. The molecule has 0 radical (unpaired) electrons. The molecule has 2 rings (SSSR count). The fourth-order valence-corrected chi connectivity index (χ4v) is 3.54. The molecule has 1 atom stereocenters. The van der Waals surface area contributed by atoms with Crippen molar-refractivity contribution in [3.05, 3.63) is 40.9 Å². The van der Waals surface area contributed by atoms with Crippen LogP contribution in [0.5, 0.6) is 0 Å². The highest BCUT2D eigenvalue weighted by Gasteiger charge is 2.17. The zero-order valence-corrected chi connectivity index (χ0v) is 12.5. The van der Waals surface area contributed by atoms with E-state index in [2.05, 4.69) is 17.5 Å². The maximum absolute atomic E-state index is 11.8. The lowest BCUT2D eigenvalue weighted by molar-refractivity contribution is 0.472. The van der Waals surface area contributed by atoms with E-state index in [1.165, 1.54) is 6.26 Å². The van der Waals surface area contributed by atoms with Crippen molar-refractivity contribution in [2.75, 3.05) is 6.26 Å². The van der Waals surface area contributed by atoms with Gasteiger partial charge in [0.25, 0.3) is 0 Å². The second-order valence-electron chi connectivity index (χ2n) is 4.85. The van der Waals surface area contributed by atoms with E-state index in [1.807, 2.05) is 0 Å². The van der Waals surface area contributed by atoms with Gasteiger partial charge in [0.15, 0.2) is 9.84 Å². The summed E-state index contributed by atoms with van der Waals surface area (Å²) in [7, 11) is -3.25. The van der Waals surface area contributed by atoms with E-state index >= 15 is 0 Å². The van der Waals surface area contributed by atoms with Crippen molar-refractivity contribution in [2.24, 2.45) is 0 Å². The largest absolute Gasteiger partial charge is 0.310 e. The van der Waals surface area contributed by atoms with Gasteiger partial charge in [-0.2, -0.15) is 0 Å². The Balaban J connectivity index is 2.17. The summed E-state index contributed by atoms with van der Waals surface area (Å²) < 4.78 is 23.5. The third-order valence-electron chi connectivity index (χ3n) is 3.31. The van der Waals surface area contributed by atoms with Gasteiger partial charge in [0.05, 0.1) is 4.90 Å². The molecule has 1 aliphatic carbocycles. The molecule has 0 heterocycles. The molecule has 0 bridgehead atoms. The third-order valence-corrected chi connectivity index (χ3v) is 4.85. The summed E-state index contributed by atoms with van der Waals surface area (Å²) in [6, 6.07) is 5.41. The molecule has 0 spiro atoms. The Bertz CT molecular complexity index is 581. The van der Waals surface area contributed by atoms with E-state index in [-0.39, 0.29) is 0 Å². The topological polar surface area (TPSA) is 46.2 Å². The maximum Gasteiger partial charge on any atom is 0.175 e. The highest BCUT2D eigenvalue weighted by atomic mass is 35.5. The van der Waals surface area contributed by atoms with Crippen LogP contribution in [-0.2, 0) is 16.4 Å². The van der Waals surface area contributed by atoms with Gasteiger partial charge in [-0.1, -0.05) is 29.8 Å². The highest BCUT2D eigenvalue weighted by molar-refractivity contribution is 7.90. The van der Waals surface area contributed by atoms with Crippen molar-refractivity contribution in [3.8, 4) is 0 Å². The Kier molecular flexibility index (Phi) is 4.66. The standard InChI is InChI=1S/C14H18ClNO2S/c1-19(17,18)14-9-5-8-13(15)12(14)10-16-11-6-3-2-4-7-11/h2-3,5,8-9,11,16H,4,6-7,10H2,1H3. The monoisotopic (exact) mass is 299 g/mol. The minimum absolute atomic E-state index is 0.318. The molecule has 0 amide bonds. The molecule has 3 nitrogen and oxygen atoms in total. The molecule has 1 N–H and O–H groups in total. The minimum Gasteiger partial charge on any atom is -0.310 e. The Hall–Kier alpha value is -0.840. The fourth-order valence-electron chi connectivity index (χ4n) is 2.28. The van der Waals surface area contributed by atoms with Gasteiger partial charge < -0.3 is 5.32 Å². The van der Waals surface area contributed by atoms with Crippen LogP contribution in [-0.4, -0.2) is 20.7 Å². The molecule has 1 unspecified atom stereocenters. The summed E-state index contributed by atoms with van der Waals surface area (Å²) in [4.78, 5) is 0.318. The smallest absolute Gasteiger partial charge is 0.175 e. The van der Waals surface area contributed by atoms with Crippen LogP contribution in [0.2, 0.25) is 5.02 Å². The molecule has 0 fully saturated rings. The summed E-state index contributed by atoms with van der Waals surface area (Å²) in [5.74, 6) is 0. The normalized spacial score (nSPS) is 19.6. The first kappa shape index (κ1) is 14.6. The molecule has 1 aliphatic rings. The van der Waals surface area contributed by atoms with E-state index in [0.717, 1.165) is 19.3 Å². The molecule has 0 saturated carbocycles. The molecule has 104 valence electrons. The first-order chi connectivity index (χ1) is 8.98. The lowest BCUT2D eigenvalue weighted by Gasteiger charge is -2.20. The third kappa shape index (κ3) is 3.81. The average Bonchev–Trinajstić information content (AvgIpc) is 2.37. The molecule has 0 aromatic heterocycles. The van der Waals surface area contributed by atoms with Crippen molar-refractivity contribution < 1.29 is 8.42 Å². The van der Waals surface area contributed by atoms with E-state index in [1.54, 1.807) is 18.2 Å². The predicted octanol–water partition coefficient (Wildman–Crippen LogP) is 2.94. The highest BCUT2D eigenvalue weighted by Crippen LogP contribution is 2.24. The van der Waals surface area contributed by atoms with Crippen LogP contribution in [0.1, 0.15) is 24.8 Å². The first-order valence-electron chi connectivity index (χ1n) is 6.34. The van der Waals surface area contributed by atoms with Crippen molar-refractivity contribution in [1.29, 1.82) is 0 Å². The summed E-state index contributed by atoms with van der Waals surface area (Å²) in [6.07, 6.45) is 8.68. The number of hydrogen-bond donors (Lipinski definition) is 1. The molecule has 1 aromatic carbocycles. The Morgan fingerprint density at radius 2 is 2.16 bits per heavy atom. The predicted molar refractivity (Wildman–Crippen MR) is 78.2 cm³/mol. The molecule has 0 saturated heterocycles. The van der Waals surface area contributed by atoms with Gasteiger partial charge in [-0.15, -0.1) is 0 Å². The zero-order chi connectivity index (χ0) is 13.9. The number of nitrogens with one attached hydrogen (secondary N) is 1. The van der Waals surface area contributed by atoms with Crippen LogP contribution in [0.3, 0.4) is 0 Å². The minimum atomic E-state index is -3.25. The van der Waals surface area contributed by atoms with Crippen LogP contribution in [0.4, 0.5) is 0 Å². The lowest BCUT2D eigenvalue weighted by Crippen LogP contribution is -2.29. The van der Waals surface area contributed by atoms with E-state index in [0.29, 0.717) is 28.1 Å². The van der Waals surface area contributed by atoms with Crippen molar-refractivity contribution in [1.82, 2.24) is 5.32 Å². The van der Waals surface area contributed by atoms with Gasteiger partial charge in [0.2, 0.25) is 0 Å². The Morgan fingerprint density at radius 3 is 2.79 bits per heavy atom. The summed E-state index contributed by atoms with van der Waals surface area (Å²) in [5.41, 5.74) is 0.668. The number of rotatable bonds is 4. The van der Waals surface area contributed by atoms with Gasteiger partial charge in [-0.25, -0.2) is 8.42 Å². The van der Waals surface area contributed by atoms with E-state index < -0.39 is 9.84 Å². The zero-order valence-electron chi connectivity index (χ0n) is 10.9. The summed E-state index contributed by atoms with van der Waals surface area (Å²) in [6.45, 7) is 0.487. The van der Waals surface area contributed by atoms with Gasteiger partial charge in [0, 0.05) is 29.4 Å². The average molecular weight is 300 g/mol. The molecule has 5 heteroatoms. The molecular weight excluding hydrogens is 282 g/mol. The molecule has 1 aromatic rings. The summed E-state index contributed by atoms with van der Waals surface area (Å²) >= 11 is 6.13. The Morgan fingerprint density at radius 1 is 1.37 bits per heavy atom. The van der Waals surface area contributed by atoms with Gasteiger partial charge in [-0.05, 0) is 31.4 Å². The SMILES string of the molecule is CS(=O)(=O)c1cccc(Cl)c1CNC1CC=CCC1. The fraction of sp³-hybridized carbons (Fsp3) is 0.429. The molecule has 19 heavy (non-hydrogen) atoms. The first-order valence-corrected chi connectivity index (χ1v) is 8.61. The number of allylic oxidation sites excluding steroid dienone is 1. The van der Waals surface area contributed by atoms with Gasteiger partial charge in [-0.3, -0.25) is 0 Å². The quantitative estimate of drug-likeness (QED) is 0.870. The summed E-state index contributed by atoms with van der Waals surface area (Å²) in [5, 5.41) is 3.89. The van der Waals surface area contributed by atoms with Crippen LogP contribution in [0.15, 0.2) is 35.2 Å². The van der Waals surface area contributed by atoms with Crippen molar-refractivity contribution in [2.45, 2.75) is 36.7 Å². The van der Waals surface area contributed by atoms with Crippen molar-refractivity contribution in [3.63, 3.8) is 0 Å². The van der Waals surface area contributed by atoms with Crippen LogP contribution >= 0.6 is 11.6 Å². The van der Waals surface area contributed by atoms with Crippen LogP contribution < -0.4 is 5.32 Å². The number of hydrogen-bond acceptors (Lipinski definition) is 3. The lowest BCUT2D eigenvalue weighted by atomic mass is 10.0. The van der Waals surface area contributed by atoms with Gasteiger partial charge >= 0.3 is 0 Å². The maximum atomic E-state index is 11.8. The second kappa shape index (κ2) is 6.07. The molecule has 0 aliphatic heterocycles. The van der Waals surface area contributed by atoms with E-state index in [4.69, 9.17) is 11.6 Å².